The maximum absolute atomic E-state index is 12.2. The third-order valence-corrected chi connectivity index (χ3v) is 2.29. The van der Waals surface area contributed by atoms with Crippen molar-refractivity contribution in [3.05, 3.63) is 33.8 Å². The lowest BCUT2D eigenvalue weighted by Crippen LogP contribution is -2.05. The number of hydrogen-bond acceptors (Lipinski definition) is 0. The molecule has 0 aliphatic rings. The van der Waals surface area contributed by atoms with Crippen LogP contribution in [0.25, 0.3) is 0 Å². The van der Waals surface area contributed by atoms with E-state index in [9.17, 15) is 17.6 Å². The molecule has 0 spiro atoms. The van der Waals surface area contributed by atoms with Crippen molar-refractivity contribution in [2.24, 2.45) is 0 Å². The summed E-state index contributed by atoms with van der Waals surface area (Å²) in [4.78, 5) is 0. The minimum absolute atomic E-state index is 0.00910. The van der Waals surface area contributed by atoms with Gasteiger partial charge in [-0.3, -0.25) is 0 Å². The first-order valence-corrected chi connectivity index (χ1v) is 4.16. The molecule has 1 aromatic carbocycles. The fraction of sp³-hybridized carbons (Fsp3) is 0.250. The number of halogens is 5. The van der Waals surface area contributed by atoms with Crippen molar-refractivity contribution in [3.63, 3.8) is 0 Å². The van der Waals surface area contributed by atoms with Crippen LogP contribution in [0.4, 0.5) is 17.6 Å². The Morgan fingerprint density at radius 2 is 1.85 bits per heavy atom. The summed E-state index contributed by atoms with van der Waals surface area (Å²) in [6, 6.07) is 2.89. The molecule has 0 heterocycles. The molecule has 0 bridgehead atoms. The van der Waals surface area contributed by atoms with E-state index in [1.165, 1.54) is 6.07 Å². The van der Waals surface area contributed by atoms with Gasteiger partial charge in [0.2, 0.25) is 0 Å². The van der Waals surface area contributed by atoms with Crippen LogP contribution in [-0.2, 0) is 12.9 Å². The van der Waals surface area contributed by atoms with E-state index in [4.69, 9.17) is 0 Å². The minimum Gasteiger partial charge on any atom is -0.246 e. The Labute approximate surface area is 80.7 Å². The molecule has 0 N–H and O–H groups in total. The zero-order valence-electron chi connectivity index (χ0n) is 6.33. The molecule has 0 amide bonds. The molecule has 0 saturated heterocycles. The lowest BCUT2D eigenvalue weighted by Gasteiger charge is -2.08. The highest BCUT2D eigenvalue weighted by molar-refractivity contribution is 9.10. The van der Waals surface area contributed by atoms with Gasteiger partial charge in [-0.1, -0.05) is 15.9 Å². The van der Waals surface area contributed by atoms with Crippen molar-refractivity contribution < 1.29 is 17.6 Å². The average Bonchev–Trinajstić information content (AvgIpc) is 2.03. The summed E-state index contributed by atoms with van der Waals surface area (Å²) in [7, 11) is 0. The Balaban J connectivity index is 3.14. The van der Waals surface area contributed by atoms with E-state index in [0.29, 0.717) is 4.47 Å². The lowest BCUT2D eigenvalue weighted by molar-refractivity contribution is -0.137. The SMILES string of the molecule is FCc1cc(C(F)(F)F)ccc1Br. The molecule has 0 saturated carbocycles. The number of alkyl halides is 4. The van der Waals surface area contributed by atoms with Crippen LogP contribution in [0, 0.1) is 0 Å². The second kappa shape index (κ2) is 3.65. The number of rotatable bonds is 1. The van der Waals surface area contributed by atoms with Gasteiger partial charge in [0.05, 0.1) is 5.56 Å². The quantitative estimate of drug-likeness (QED) is 0.668. The Kier molecular flexibility index (Phi) is 2.95. The summed E-state index contributed by atoms with van der Waals surface area (Å²) in [5.74, 6) is 0. The lowest BCUT2D eigenvalue weighted by atomic mass is 10.1. The molecule has 5 heteroatoms. The Bertz CT molecular complexity index is 306. The minimum atomic E-state index is -4.41. The molecule has 0 nitrogen and oxygen atoms in total. The van der Waals surface area contributed by atoms with Crippen molar-refractivity contribution in [2.45, 2.75) is 12.9 Å². The molecule has 0 aliphatic heterocycles. The molecule has 0 aliphatic carbocycles. The molecule has 0 fully saturated rings. The predicted molar refractivity (Wildman–Crippen MR) is 44.0 cm³/mol. The first kappa shape index (κ1) is 10.5. The van der Waals surface area contributed by atoms with Crippen molar-refractivity contribution in [1.82, 2.24) is 0 Å². The summed E-state index contributed by atoms with van der Waals surface area (Å²) < 4.78 is 48.8. The Hall–Kier alpha value is -0.580. The standard InChI is InChI=1S/C8H5BrF4/c9-7-2-1-6(8(11,12)13)3-5(7)4-10/h1-3H,4H2. The Morgan fingerprint density at radius 1 is 1.23 bits per heavy atom. The van der Waals surface area contributed by atoms with E-state index in [1.807, 2.05) is 0 Å². The van der Waals surface area contributed by atoms with E-state index < -0.39 is 18.4 Å². The highest BCUT2D eigenvalue weighted by Gasteiger charge is 2.30. The third-order valence-electron chi connectivity index (χ3n) is 1.52. The van der Waals surface area contributed by atoms with Crippen molar-refractivity contribution in [3.8, 4) is 0 Å². The van der Waals surface area contributed by atoms with Gasteiger partial charge in [0.15, 0.2) is 0 Å². The topological polar surface area (TPSA) is 0 Å². The van der Waals surface area contributed by atoms with Gasteiger partial charge in [-0.2, -0.15) is 13.2 Å². The molecule has 0 aromatic heterocycles. The van der Waals surface area contributed by atoms with E-state index in [0.717, 1.165) is 12.1 Å². The first-order chi connectivity index (χ1) is 5.95. The van der Waals surface area contributed by atoms with Gasteiger partial charge in [0, 0.05) is 4.47 Å². The molecule has 0 radical (unpaired) electrons. The second-order valence-electron chi connectivity index (χ2n) is 2.44. The summed E-state index contributed by atoms with van der Waals surface area (Å²) in [5.41, 5.74) is -0.821. The molecular formula is C8H5BrF4. The van der Waals surface area contributed by atoms with E-state index in [1.54, 1.807) is 0 Å². The summed E-state index contributed by atoms with van der Waals surface area (Å²) in [6.45, 7) is -0.912. The van der Waals surface area contributed by atoms with Crippen LogP contribution in [-0.4, -0.2) is 0 Å². The molecule has 1 aromatic rings. The summed E-state index contributed by atoms with van der Waals surface area (Å²) in [5, 5.41) is 0. The number of hydrogen-bond donors (Lipinski definition) is 0. The first-order valence-electron chi connectivity index (χ1n) is 3.36. The third kappa shape index (κ3) is 2.43. The van der Waals surface area contributed by atoms with E-state index in [2.05, 4.69) is 15.9 Å². The van der Waals surface area contributed by atoms with Crippen molar-refractivity contribution >= 4 is 15.9 Å². The second-order valence-corrected chi connectivity index (χ2v) is 3.29. The van der Waals surface area contributed by atoms with Gasteiger partial charge in [0.1, 0.15) is 6.67 Å². The molecular weight excluding hydrogens is 252 g/mol. The predicted octanol–water partition coefficient (Wildman–Crippen LogP) is 3.94. The monoisotopic (exact) mass is 256 g/mol. The van der Waals surface area contributed by atoms with Gasteiger partial charge < -0.3 is 0 Å². The van der Waals surface area contributed by atoms with Gasteiger partial charge in [-0.25, -0.2) is 4.39 Å². The van der Waals surface area contributed by atoms with Crippen LogP contribution < -0.4 is 0 Å². The van der Waals surface area contributed by atoms with Gasteiger partial charge in [-0.05, 0) is 23.8 Å². The van der Waals surface area contributed by atoms with Gasteiger partial charge in [0.25, 0.3) is 0 Å². The van der Waals surface area contributed by atoms with Crippen LogP contribution in [0.15, 0.2) is 22.7 Å². The zero-order valence-corrected chi connectivity index (χ0v) is 7.91. The molecule has 0 atom stereocenters. The maximum atomic E-state index is 12.2. The molecule has 1 rings (SSSR count). The normalized spacial score (nSPS) is 11.8. The van der Waals surface area contributed by atoms with E-state index >= 15 is 0 Å². The van der Waals surface area contributed by atoms with Crippen LogP contribution in [0.1, 0.15) is 11.1 Å². The molecule has 72 valence electrons. The van der Waals surface area contributed by atoms with E-state index in [-0.39, 0.29) is 5.56 Å². The average molecular weight is 257 g/mol. The summed E-state index contributed by atoms with van der Waals surface area (Å²) >= 11 is 2.95. The summed E-state index contributed by atoms with van der Waals surface area (Å²) in [6.07, 6.45) is -4.41. The highest BCUT2D eigenvalue weighted by atomic mass is 79.9. The highest BCUT2D eigenvalue weighted by Crippen LogP contribution is 2.31. The van der Waals surface area contributed by atoms with Gasteiger partial charge in [-0.15, -0.1) is 0 Å². The smallest absolute Gasteiger partial charge is 0.246 e. The van der Waals surface area contributed by atoms with Crippen LogP contribution in [0.2, 0.25) is 0 Å². The van der Waals surface area contributed by atoms with Gasteiger partial charge >= 0.3 is 6.18 Å². The van der Waals surface area contributed by atoms with Crippen LogP contribution in [0.3, 0.4) is 0 Å². The molecule has 13 heavy (non-hydrogen) atoms. The fourth-order valence-corrected chi connectivity index (χ4v) is 1.21. The van der Waals surface area contributed by atoms with Crippen LogP contribution in [0.5, 0.6) is 0 Å². The maximum Gasteiger partial charge on any atom is 0.416 e. The van der Waals surface area contributed by atoms with Crippen LogP contribution >= 0.6 is 15.9 Å². The molecule has 0 unspecified atom stereocenters. The Morgan fingerprint density at radius 3 is 2.31 bits per heavy atom. The largest absolute Gasteiger partial charge is 0.416 e. The zero-order chi connectivity index (χ0) is 10.1. The van der Waals surface area contributed by atoms with Crippen molar-refractivity contribution in [1.29, 1.82) is 0 Å². The van der Waals surface area contributed by atoms with Crippen molar-refractivity contribution in [2.75, 3.05) is 0 Å². The fourth-order valence-electron chi connectivity index (χ4n) is 0.853. The number of benzene rings is 1.